The van der Waals surface area contributed by atoms with Crippen molar-refractivity contribution in [3.8, 4) is 11.5 Å². The minimum Gasteiger partial charge on any atom is -0.493 e. The minimum absolute atomic E-state index is 0.0387. The molecule has 0 aliphatic carbocycles. The van der Waals surface area contributed by atoms with E-state index in [0.717, 1.165) is 5.56 Å². The van der Waals surface area contributed by atoms with Crippen molar-refractivity contribution in [2.75, 3.05) is 20.8 Å². The van der Waals surface area contributed by atoms with Crippen molar-refractivity contribution in [3.05, 3.63) is 22.7 Å². The Kier molecular flexibility index (Phi) is 5.65. The number of aliphatic carboxylic acids is 1. The number of benzene rings is 1. The van der Waals surface area contributed by atoms with Crippen molar-refractivity contribution in [3.63, 3.8) is 0 Å². The van der Waals surface area contributed by atoms with Gasteiger partial charge in [-0.25, -0.2) is 0 Å². The molecule has 20 heavy (non-hydrogen) atoms. The summed E-state index contributed by atoms with van der Waals surface area (Å²) in [5.74, 6) is 0.0881. The maximum absolute atomic E-state index is 11.1. The summed E-state index contributed by atoms with van der Waals surface area (Å²) in [6, 6.07) is 3.41. The molecule has 5 nitrogen and oxygen atoms in total. The smallest absolute Gasteiger partial charge is 0.312 e. The summed E-state index contributed by atoms with van der Waals surface area (Å²) < 4.78 is 10.9. The molecule has 0 radical (unpaired) electrons. The minimum atomic E-state index is -0.985. The number of ether oxygens (including phenoxy) is 2. The molecule has 1 aromatic carbocycles. The van der Waals surface area contributed by atoms with Crippen molar-refractivity contribution >= 4 is 17.6 Å². The maximum Gasteiger partial charge on any atom is 0.312 e. The molecule has 0 aliphatic heterocycles. The van der Waals surface area contributed by atoms with Crippen LogP contribution in [0.3, 0.4) is 0 Å². The molecule has 0 fully saturated rings. The van der Waals surface area contributed by atoms with E-state index >= 15 is 0 Å². The monoisotopic (exact) mass is 301 g/mol. The van der Waals surface area contributed by atoms with Gasteiger partial charge in [-0.2, -0.15) is 0 Å². The standard InChI is InChI=1S/C14H20ClNO4/c1-14(2,13(17)18)8-20-12-9(7-16-3)5-10(15)6-11(12)19-4/h5-6,16H,7-8H2,1-4H3,(H,17,18). The number of hydrogen-bond acceptors (Lipinski definition) is 4. The fourth-order valence-electron chi connectivity index (χ4n) is 1.57. The van der Waals surface area contributed by atoms with Crippen LogP contribution >= 0.6 is 11.6 Å². The first-order chi connectivity index (χ1) is 9.31. The van der Waals surface area contributed by atoms with Gasteiger partial charge in [-0.1, -0.05) is 11.6 Å². The first kappa shape index (κ1) is 16.6. The molecule has 0 unspecified atom stereocenters. The van der Waals surface area contributed by atoms with Gasteiger partial charge in [-0.05, 0) is 27.0 Å². The number of rotatable bonds is 7. The summed E-state index contributed by atoms with van der Waals surface area (Å²) in [5.41, 5.74) is -0.167. The van der Waals surface area contributed by atoms with Gasteiger partial charge in [0.2, 0.25) is 0 Å². The largest absolute Gasteiger partial charge is 0.493 e. The normalized spacial score (nSPS) is 11.2. The van der Waals surface area contributed by atoms with Crippen LogP contribution in [0.2, 0.25) is 5.02 Å². The third-order valence-corrected chi connectivity index (χ3v) is 3.06. The molecule has 0 aliphatic rings. The molecule has 0 spiro atoms. The number of nitrogens with one attached hydrogen (secondary N) is 1. The van der Waals surface area contributed by atoms with E-state index in [9.17, 15) is 4.79 Å². The molecule has 1 aromatic rings. The average molecular weight is 302 g/mol. The molecule has 2 N–H and O–H groups in total. The summed E-state index contributed by atoms with van der Waals surface area (Å²) >= 11 is 6.02. The van der Waals surface area contributed by atoms with Gasteiger partial charge in [0, 0.05) is 23.2 Å². The Bertz CT molecular complexity index is 488. The summed E-state index contributed by atoms with van der Waals surface area (Å²) in [5, 5.41) is 12.7. The number of hydrogen-bond donors (Lipinski definition) is 2. The van der Waals surface area contributed by atoms with Gasteiger partial charge in [-0.15, -0.1) is 0 Å². The van der Waals surface area contributed by atoms with Gasteiger partial charge in [0.25, 0.3) is 0 Å². The van der Waals surface area contributed by atoms with Gasteiger partial charge in [-0.3, -0.25) is 4.79 Å². The van der Waals surface area contributed by atoms with E-state index < -0.39 is 11.4 Å². The van der Waals surface area contributed by atoms with Crippen LogP contribution in [-0.4, -0.2) is 31.8 Å². The molecule has 112 valence electrons. The highest BCUT2D eigenvalue weighted by molar-refractivity contribution is 6.30. The Morgan fingerprint density at radius 3 is 2.60 bits per heavy atom. The van der Waals surface area contributed by atoms with Crippen LogP contribution in [0.25, 0.3) is 0 Å². The van der Waals surface area contributed by atoms with Gasteiger partial charge in [0.1, 0.15) is 6.61 Å². The first-order valence-electron chi connectivity index (χ1n) is 6.19. The fraction of sp³-hybridized carbons (Fsp3) is 0.500. The van der Waals surface area contributed by atoms with Crippen LogP contribution in [0.1, 0.15) is 19.4 Å². The van der Waals surface area contributed by atoms with Crippen LogP contribution in [-0.2, 0) is 11.3 Å². The summed E-state index contributed by atoms with van der Waals surface area (Å²) in [4.78, 5) is 11.1. The number of carbonyl (C=O) groups is 1. The van der Waals surface area contributed by atoms with Gasteiger partial charge >= 0.3 is 5.97 Å². The summed E-state index contributed by atoms with van der Waals surface area (Å²) in [7, 11) is 3.32. The fourth-order valence-corrected chi connectivity index (χ4v) is 1.81. The Morgan fingerprint density at radius 1 is 1.45 bits per heavy atom. The Morgan fingerprint density at radius 2 is 2.10 bits per heavy atom. The number of carboxylic acid groups (broad SMARTS) is 1. The van der Waals surface area contributed by atoms with Crippen molar-refractivity contribution < 1.29 is 19.4 Å². The van der Waals surface area contributed by atoms with Gasteiger partial charge < -0.3 is 19.9 Å². The van der Waals surface area contributed by atoms with Crippen molar-refractivity contribution in [1.29, 1.82) is 0 Å². The molecule has 0 saturated heterocycles. The first-order valence-corrected chi connectivity index (χ1v) is 6.57. The van der Waals surface area contributed by atoms with Crippen LogP contribution < -0.4 is 14.8 Å². The highest BCUT2D eigenvalue weighted by Gasteiger charge is 2.29. The van der Waals surface area contributed by atoms with Gasteiger partial charge in [0.15, 0.2) is 11.5 Å². The van der Waals surface area contributed by atoms with Crippen molar-refractivity contribution in [1.82, 2.24) is 5.32 Å². The quantitative estimate of drug-likeness (QED) is 0.810. The Hall–Kier alpha value is -1.46. The third-order valence-electron chi connectivity index (χ3n) is 2.84. The van der Waals surface area contributed by atoms with E-state index in [1.165, 1.54) is 7.11 Å². The van der Waals surface area contributed by atoms with Crippen LogP contribution in [0.4, 0.5) is 0 Å². The molecule has 0 aromatic heterocycles. The average Bonchev–Trinajstić information content (AvgIpc) is 2.37. The predicted molar refractivity (Wildman–Crippen MR) is 77.7 cm³/mol. The summed E-state index contributed by atoms with van der Waals surface area (Å²) in [6.07, 6.45) is 0. The van der Waals surface area contributed by atoms with Crippen LogP contribution in [0.15, 0.2) is 12.1 Å². The van der Waals surface area contributed by atoms with Crippen molar-refractivity contribution in [2.24, 2.45) is 5.41 Å². The van der Waals surface area contributed by atoms with Gasteiger partial charge in [0.05, 0.1) is 12.5 Å². The van der Waals surface area contributed by atoms with Crippen molar-refractivity contribution in [2.45, 2.75) is 20.4 Å². The number of carboxylic acids is 1. The third kappa shape index (κ3) is 4.02. The second-order valence-electron chi connectivity index (χ2n) is 5.10. The predicted octanol–water partition coefficient (Wildman–Crippen LogP) is 2.56. The Balaban J connectivity index is 3.06. The zero-order valence-electron chi connectivity index (χ0n) is 12.1. The molecule has 0 saturated carbocycles. The number of methoxy groups -OCH3 is 1. The molecular weight excluding hydrogens is 282 g/mol. The molecule has 6 heteroatoms. The number of halogens is 1. The lowest BCUT2D eigenvalue weighted by molar-refractivity contribution is -0.148. The second-order valence-corrected chi connectivity index (χ2v) is 5.54. The SMILES string of the molecule is CNCc1cc(Cl)cc(OC)c1OCC(C)(C)C(=O)O. The molecular formula is C14H20ClNO4. The molecule has 1 rings (SSSR count). The molecule has 0 amide bonds. The van der Waals surface area contributed by atoms with E-state index in [-0.39, 0.29) is 6.61 Å². The van der Waals surface area contributed by atoms with E-state index in [0.29, 0.717) is 23.1 Å². The summed E-state index contributed by atoms with van der Waals surface area (Å²) in [6.45, 7) is 3.79. The second kappa shape index (κ2) is 6.81. The molecule has 0 bridgehead atoms. The zero-order chi connectivity index (χ0) is 15.3. The van der Waals surface area contributed by atoms with Crippen LogP contribution in [0.5, 0.6) is 11.5 Å². The highest BCUT2D eigenvalue weighted by Crippen LogP contribution is 2.35. The van der Waals surface area contributed by atoms with E-state index in [4.69, 9.17) is 26.2 Å². The lowest BCUT2D eigenvalue weighted by Gasteiger charge is -2.22. The van der Waals surface area contributed by atoms with E-state index in [1.54, 1.807) is 33.0 Å². The molecule has 0 heterocycles. The highest BCUT2D eigenvalue weighted by atomic mass is 35.5. The molecule has 0 atom stereocenters. The maximum atomic E-state index is 11.1. The lowest BCUT2D eigenvalue weighted by atomic mass is 9.95. The Labute approximate surface area is 123 Å². The van der Waals surface area contributed by atoms with Crippen LogP contribution in [0, 0.1) is 5.41 Å². The zero-order valence-corrected chi connectivity index (χ0v) is 12.9. The van der Waals surface area contributed by atoms with E-state index in [2.05, 4.69) is 5.32 Å². The lowest BCUT2D eigenvalue weighted by Crippen LogP contribution is -2.31. The topological polar surface area (TPSA) is 67.8 Å². The van der Waals surface area contributed by atoms with E-state index in [1.807, 2.05) is 0 Å².